The zero-order valence-corrected chi connectivity index (χ0v) is 11.2. The monoisotopic (exact) mass is 332 g/mol. The van der Waals surface area contributed by atoms with Gasteiger partial charge in [0.25, 0.3) is 0 Å². The van der Waals surface area contributed by atoms with E-state index in [1.807, 2.05) is 19.1 Å². The van der Waals surface area contributed by atoms with Crippen LogP contribution in [0.25, 0.3) is 0 Å². The first-order valence-corrected chi connectivity index (χ1v) is 6.42. The van der Waals surface area contributed by atoms with Gasteiger partial charge in [0.15, 0.2) is 0 Å². The van der Waals surface area contributed by atoms with E-state index in [1.54, 1.807) is 0 Å². The molecule has 0 saturated heterocycles. The van der Waals surface area contributed by atoms with Crippen LogP contribution in [0.1, 0.15) is 29.3 Å². The lowest BCUT2D eigenvalue weighted by atomic mass is 10.0. The Hall–Kier alpha value is -0.780. The quantitative estimate of drug-likeness (QED) is 0.617. The summed E-state index contributed by atoms with van der Waals surface area (Å²) in [7, 11) is 0. The number of carbonyl (C=O) groups is 1. The second-order valence-corrected chi connectivity index (χ2v) is 4.78. The summed E-state index contributed by atoms with van der Waals surface area (Å²) in [5, 5.41) is 0. The van der Waals surface area contributed by atoms with Gasteiger partial charge in [-0.3, -0.25) is 0 Å². The minimum Gasteiger partial charge on any atom is -0.492 e. The normalized spacial score (nSPS) is 13.9. The van der Waals surface area contributed by atoms with Crippen molar-refractivity contribution in [1.82, 2.24) is 0 Å². The molecule has 1 heterocycles. The van der Waals surface area contributed by atoms with E-state index < -0.39 is 0 Å². The number of rotatable bonds is 2. The van der Waals surface area contributed by atoms with Gasteiger partial charge in [-0.1, -0.05) is 0 Å². The largest absolute Gasteiger partial charge is 0.492 e. The molecule has 0 unspecified atom stereocenters. The van der Waals surface area contributed by atoms with Crippen molar-refractivity contribution in [2.45, 2.75) is 19.8 Å². The summed E-state index contributed by atoms with van der Waals surface area (Å²) in [4.78, 5) is 11.6. The highest BCUT2D eigenvalue weighted by molar-refractivity contribution is 14.1. The average Bonchev–Trinajstić information content (AvgIpc) is 2.29. The first-order valence-electron chi connectivity index (χ1n) is 5.34. The molecular formula is C12H13IO3. The van der Waals surface area contributed by atoms with Crippen LogP contribution in [0.3, 0.4) is 0 Å². The van der Waals surface area contributed by atoms with Crippen LogP contribution in [-0.2, 0) is 11.2 Å². The number of ether oxygens (including phenoxy) is 2. The number of benzene rings is 1. The number of carbonyl (C=O) groups excluding carboxylic acids is 1. The predicted octanol–water partition coefficient (Wildman–Crippen LogP) is 2.79. The maximum absolute atomic E-state index is 11.6. The highest BCUT2D eigenvalue weighted by atomic mass is 127. The molecule has 0 N–H and O–H groups in total. The molecule has 0 bridgehead atoms. The van der Waals surface area contributed by atoms with E-state index in [9.17, 15) is 4.79 Å². The molecule has 0 saturated carbocycles. The smallest absolute Gasteiger partial charge is 0.338 e. The van der Waals surface area contributed by atoms with Crippen LogP contribution >= 0.6 is 22.6 Å². The standard InChI is InChI=1S/C12H13IO3/c1-2-15-12(14)9-6-8-4-3-5-16-11(8)10(13)7-9/h6-7H,2-5H2,1H3. The molecule has 0 aliphatic carbocycles. The van der Waals surface area contributed by atoms with Gasteiger partial charge in [-0.2, -0.15) is 0 Å². The number of fused-ring (bicyclic) bond motifs is 1. The van der Waals surface area contributed by atoms with Gasteiger partial charge in [-0.25, -0.2) is 4.79 Å². The summed E-state index contributed by atoms with van der Waals surface area (Å²) < 4.78 is 11.6. The lowest BCUT2D eigenvalue weighted by molar-refractivity contribution is 0.0526. The van der Waals surface area contributed by atoms with E-state index in [4.69, 9.17) is 9.47 Å². The predicted molar refractivity (Wildman–Crippen MR) is 68.9 cm³/mol. The Morgan fingerprint density at radius 2 is 2.38 bits per heavy atom. The molecule has 1 aromatic rings. The van der Waals surface area contributed by atoms with Crippen molar-refractivity contribution >= 4 is 28.6 Å². The Bertz CT molecular complexity index is 415. The maximum Gasteiger partial charge on any atom is 0.338 e. The van der Waals surface area contributed by atoms with Gasteiger partial charge < -0.3 is 9.47 Å². The second-order valence-electron chi connectivity index (χ2n) is 3.62. The van der Waals surface area contributed by atoms with Crippen molar-refractivity contribution in [1.29, 1.82) is 0 Å². The van der Waals surface area contributed by atoms with Gasteiger partial charge in [0.05, 0.1) is 22.3 Å². The highest BCUT2D eigenvalue weighted by Gasteiger charge is 2.17. The van der Waals surface area contributed by atoms with Crippen molar-refractivity contribution in [3.8, 4) is 5.75 Å². The molecule has 86 valence electrons. The number of hydrogen-bond donors (Lipinski definition) is 0. The van der Waals surface area contributed by atoms with Crippen molar-refractivity contribution in [2.75, 3.05) is 13.2 Å². The van der Waals surface area contributed by atoms with Crippen molar-refractivity contribution in [3.05, 3.63) is 26.8 Å². The van der Waals surface area contributed by atoms with E-state index in [1.165, 1.54) is 0 Å². The lowest BCUT2D eigenvalue weighted by Crippen LogP contribution is -2.12. The summed E-state index contributed by atoms with van der Waals surface area (Å²) in [6, 6.07) is 3.71. The summed E-state index contributed by atoms with van der Waals surface area (Å²) in [5.74, 6) is 0.675. The molecule has 1 aromatic carbocycles. The molecule has 0 fully saturated rings. The fourth-order valence-electron chi connectivity index (χ4n) is 1.77. The fourth-order valence-corrected chi connectivity index (χ4v) is 2.60. The van der Waals surface area contributed by atoms with Crippen molar-refractivity contribution < 1.29 is 14.3 Å². The van der Waals surface area contributed by atoms with Gasteiger partial charge in [0, 0.05) is 0 Å². The first kappa shape index (κ1) is 11.7. The zero-order chi connectivity index (χ0) is 11.5. The Kier molecular flexibility index (Phi) is 3.68. The van der Waals surface area contributed by atoms with E-state index in [0.29, 0.717) is 12.2 Å². The van der Waals surface area contributed by atoms with Gasteiger partial charge in [0.2, 0.25) is 0 Å². The second kappa shape index (κ2) is 5.03. The van der Waals surface area contributed by atoms with Crippen molar-refractivity contribution in [2.24, 2.45) is 0 Å². The molecule has 0 aromatic heterocycles. The number of esters is 1. The summed E-state index contributed by atoms with van der Waals surface area (Å²) >= 11 is 2.20. The Morgan fingerprint density at radius 1 is 1.56 bits per heavy atom. The molecule has 16 heavy (non-hydrogen) atoms. The van der Waals surface area contributed by atoms with E-state index in [2.05, 4.69) is 22.6 Å². The van der Waals surface area contributed by atoms with Gasteiger partial charge in [0.1, 0.15) is 5.75 Å². The van der Waals surface area contributed by atoms with Gasteiger partial charge in [-0.05, 0) is 60.1 Å². The number of halogens is 1. The van der Waals surface area contributed by atoms with Crippen molar-refractivity contribution in [3.63, 3.8) is 0 Å². The third-order valence-corrected chi connectivity index (χ3v) is 3.27. The number of aryl methyl sites for hydroxylation is 1. The number of hydrogen-bond acceptors (Lipinski definition) is 3. The molecule has 1 aliphatic rings. The summed E-state index contributed by atoms with van der Waals surface area (Å²) in [5.41, 5.74) is 1.73. The van der Waals surface area contributed by atoms with Crippen LogP contribution in [0, 0.1) is 3.57 Å². The van der Waals surface area contributed by atoms with E-state index >= 15 is 0 Å². The maximum atomic E-state index is 11.6. The minimum absolute atomic E-state index is 0.256. The Balaban J connectivity index is 2.35. The topological polar surface area (TPSA) is 35.5 Å². The highest BCUT2D eigenvalue weighted by Crippen LogP contribution is 2.31. The van der Waals surface area contributed by atoms with E-state index in [0.717, 1.165) is 34.3 Å². The molecule has 0 atom stereocenters. The molecule has 0 amide bonds. The van der Waals surface area contributed by atoms with Crippen LogP contribution in [0.2, 0.25) is 0 Å². The minimum atomic E-state index is -0.256. The Morgan fingerprint density at radius 3 is 3.12 bits per heavy atom. The van der Waals surface area contributed by atoms with Crippen LogP contribution in [-0.4, -0.2) is 19.2 Å². The SMILES string of the molecule is CCOC(=O)c1cc(I)c2c(c1)CCCO2. The molecule has 1 aliphatic heterocycles. The fraction of sp³-hybridized carbons (Fsp3) is 0.417. The molecule has 2 rings (SSSR count). The summed E-state index contributed by atoms with van der Waals surface area (Å²) in [6.45, 7) is 2.98. The molecular weight excluding hydrogens is 319 g/mol. The van der Waals surface area contributed by atoms with Gasteiger partial charge >= 0.3 is 5.97 Å². The molecule has 4 heteroatoms. The molecule has 0 radical (unpaired) electrons. The lowest BCUT2D eigenvalue weighted by Gasteiger charge is -2.19. The van der Waals surface area contributed by atoms with Crippen LogP contribution < -0.4 is 4.74 Å². The summed E-state index contributed by atoms with van der Waals surface area (Å²) in [6.07, 6.45) is 1.98. The van der Waals surface area contributed by atoms with Crippen LogP contribution in [0.15, 0.2) is 12.1 Å². The Labute approximate surface area is 108 Å². The molecule has 3 nitrogen and oxygen atoms in total. The van der Waals surface area contributed by atoms with Gasteiger partial charge in [-0.15, -0.1) is 0 Å². The van der Waals surface area contributed by atoms with Crippen LogP contribution in [0.4, 0.5) is 0 Å². The first-order chi connectivity index (χ1) is 7.72. The molecule has 0 spiro atoms. The van der Waals surface area contributed by atoms with Crippen LogP contribution in [0.5, 0.6) is 5.75 Å². The van der Waals surface area contributed by atoms with E-state index in [-0.39, 0.29) is 5.97 Å². The third kappa shape index (κ3) is 2.31. The average molecular weight is 332 g/mol. The third-order valence-electron chi connectivity index (χ3n) is 2.47. The zero-order valence-electron chi connectivity index (χ0n) is 9.09.